The first-order valence-electron chi connectivity index (χ1n) is 6.62. The quantitative estimate of drug-likeness (QED) is 0.807. The lowest BCUT2D eigenvalue weighted by Crippen LogP contribution is -2.25. The first-order chi connectivity index (χ1) is 9.29. The van der Waals surface area contributed by atoms with Crippen molar-refractivity contribution in [1.82, 2.24) is 14.9 Å². The number of aromatic nitrogens is 2. The summed E-state index contributed by atoms with van der Waals surface area (Å²) in [7, 11) is 0. The highest BCUT2D eigenvalue weighted by molar-refractivity contribution is 5.94. The van der Waals surface area contributed by atoms with Crippen LogP contribution in [0.15, 0.2) is 43.0 Å². The summed E-state index contributed by atoms with van der Waals surface area (Å²) in [5.41, 5.74) is 1.97. The molecule has 0 saturated carbocycles. The van der Waals surface area contributed by atoms with Crippen molar-refractivity contribution in [2.45, 2.75) is 26.3 Å². The van der Waals surface area contributed by atoms with Crippen molar-refractivity contribution in [2.24, 2.45) is 0 Å². The summed E-state index contributed by atoms with van der Waals surface area (Å²) >= 11 is 0. The Hall–Kier alpha value is -2.10. The van der Waals surface area contributed by atoms with E-state index < -0.39 is 0 Å². The third kappa shape index (κ3) is 3.95. The molecule has 0 aliphatic rings. The van der Waals surface area contributed by atoms with Crippen LogP contribution in [0.3, 0.4) is 0 Å². The van der Waals surface area contributed by atoms with Crippen LogP contribution in [0, 0.1) is 0 Å². The van der Waals surface area contributed by atoms with Crippen molar-refractivity contribution in [3.05, 3.63) is 54.1 Å². The first-order valence-corrected chi connectivity index (χ1v) is 6.62. The summed E-state index contributed by atoms with van der Waals surface area (Å²) in [6, 6.07) is 7.76. The summed E-state index contributed by atoms with van der Waals surface area (Å²) in [6.45, 7) is 3.65. The fourth-order valence-electron chi connectivity index (χ4n) is 1.88. The van der Waals surface area contributed by atoms with Gasteiger partial charge >= 0.3 is 0 Å². The van der Waals surface area contributed by atoms with Crippen molar-refractivity contribution >= 4 is 5.91 Å². The first kappa shape index (κ1) is 13.3. The van der Waals surface area contributed by atoms with Crippen LogP contribution in [-0.2, 0) is 13.0 Å². The Kier molecular flexibility index (Phi) is 4.72. The second kappa shape index (κ2) is 6.73. The predicted octanol–water partition coefficient (Wildman–Crippen LogP) is 2.27. The number of hydrogen-bond acceptors (Lipinski definition) is 2. The zero-order chi connectivity index (χ0) is 13.5. The van der Waals surface area contributed by atoms with E-state index in [9.17, 15) is 4.79 Å². The van der Waals surface area contributed by atoms with Gasteiger partial charge < -0.3 is 9.88 Å². The van der Waals surface area contributed by atoms with Gasteiger partial charge in [0, 0.05) is 31.0 Å². The van der Waals surface area contributed by atoms with Gasteiger partial charge in [0.25, 0.3) is 5.91 Å². The minimum atomic E-state index is -0.00622. The topological polar surface area (TPSA) is 46.9 Å². The minimum Gasteiger partial charge on any atom is -0.352 e. The van der Waals surface area contributed by atoms with Gasteiger partial charge in [0.15, 0.2) is 0 Å². The van der Waals surface area contributed by atoms with Gasteiger partial charge in [-0.05, 0) is 30.5 Å². The molecule has 4 nitrogen and oxygen atoms in total. The lowest BCUT2D eigenvalue weighted by atomic mass is 10.1. The molecule has 19 heavy (non-hydrogen) atoms. The molecule has 1 heterocycles. The molecule has 0 aliphatic carbocycles. The number of hydrogen-bond donors (Lipinski definition) is 1. The van der Waals surface area contributed by atoms with E-state index in [4.69, 9.17) is 0 Å². The zero-order valence-corrected chi connectivity index (χ0v) is 11.2. The van der Waals surface area contributed by atoms with E-state index >= 15 is 0 Å². The van der Waals surface area contributed by atoms with Gasteiger partial charge in [-0.2, -0.15) is 0 Å². The highest BCUT2D eigenvalue weighted by Crippen LogP contribution is 2.04. The molecule has 1 amide bonds. The third-order valence-electron chi connectivity index (χ3n) is 3.06. The van der Waals surface area contributed by atoms with Gasteiger partial charge in [0.05, 0.1) is 6.33 Å². The Bertz CT molecular complexity index is 503. The van der Waals surface area contributed by atoms with Crippen LogP contribution in [0.25, 0.3) is 0 Å². The predicted molar refractivity (Wildman–Crippen MR) is 75.0 cm³/mol. The Morgan fingerprint density at radius 1 is 1.32 bits per heavy atom. The van der Waals surface area contributed by atoms with E-state index in [0.717, 1.165) is 24.9 Å². The fourth-order valence-corrected chi connectivity index (χ4v) is 1.88. The summed E-state index contributed by atoms with van der Waals surface area (Å²) < 4.78 is 2.00. The van der Waals surface area contributed by atoms with E-state index in [1.54, 1.807) is 12.5 Å². The number of imidazole rings is 1. The number of nitrogens with one attached hydrogen (secondary N) is 1. The average Bonchev–Trinajstić information content (AvgIpc) is 2.96. The zero-order valence-electron chi connectivity index (χ0n) is 11.2. The summed E-state index contributed by atoms with van der Waals surface area (Å²) in [4.78, 5) is 15.9. The molecular formula is C15H19N3O. The fraction of sp³-hybridized carbons (Fsp3) is 0.333. The number of amides is 1. The molecule has 0 unspecified atom stereocenters. The van der Waals surface area contributed by atoms with Gasteiger partial charge in [-0.1, -0.05) is 19.1 Å². The molecule has 0 radical (unpaired) electrons. The summed E-state index contributed by atoms with van der Waals surface area (Å²) in [6.07, 6.45) is 7.35. The number of benzene rings is 1. The van der Waals surface area contributed by atoms with Crippen LogP contribution in [0.2, 0.25) is 0 Å². The molecule has 0 fully saturated rings. The molecule has 0 bridgehead atoms. The summed E-state index contributed by atoms with van der Waals surface area (Å²) in [5.74, 6) is -0.00622. The maximum absolute atomic E-state index is 11.9. The second-order valence-corrected chi connectivity index (χ2v) is 4.46. The number of aryl methyl sites for hydroxylation is 2. The smallest absolute Gasteiger partial charge is 0.251 e. The van der Waals surface area contributed by atoms with Crippen LogP contribution in [0.5, 0.6) is 0 Å². The van der Waals surface area contributed by atoms with Crippen LogP contribution in [0.1, 0.15) is 29.3 Å². The van der Waals surface area contributed by atoms with Crippen molar-refractivity contribution in [3.63, 3.8) is 0 Å². The van der Waals surface area contributed by atoms with E-state index in [-0.39, 0.29) is 5.91 Å². The standard InChI is InChI=1S/C15H19N3O/c1-2-13-4-6-14(7-5-13)15(19)17-8-3-10-18-11-9-16-12-18/h4-7,9,11-12H,2-3,8,10H2,1H3,(H,17,19). The van der Waals surface area contributed by atoms with E-state index in [0.29, 0.717) is 6.54 Å². The van der Waals surface area contributed by atoms with Crippen molar-refractivity contribution in [3.8, 4) is 0 Å². The van der Waals surface area contributed by atoms with Gasteiger partial charge in [0.1, 0.15) is 0 Å². The Labute approximate surface area is 113 Å². The van der Waals surface area contributed by atoms with Crippen molar-refractivity contribution in [1.29, 1.82) is 0 Å². The molecule has 100 valence electrons. The van der Waals surface area contributed by atoms with E-state index in [1.807, 2.05) is 35.0 Å². The van der Waals surface area contributed by atoms with Crippen LogP contribution < -0.4 is 5.32 Å². The van der Waals surface area contributed by atoms with E-state index in [1.165, 1.54) is 5.56 Å². The lowest BCUT2D eigenvalue weighted by molar-refractivity contribution is 0.0952. The summed E-state index contributed by atoms with van der Waals surface area (Å²) in [5, 5.41) is 2.93. The second-order valence-electron chi connectivity index (χ2n) is 4.46. The Balaban J connectivity index is 1.74. The molecule has 0 atom stereocenters. The highest BCUT2D eigenvalue weighted by atomic mass is 16.1. The van der Waals surface area contributed by atoms with Crippen LogP contribution in [0.4, 0.5) is 0 Å². The molecule has 1 N–H and O–H groups in total. The monoisotopic (exact) mass is 257 g/mol. The number of nitrogens with zero attached hydrogens (tertiary/aromatic N) is 2. The Morgan fingerprint density at radius 2 is 2.11 bits per heavy atom. The number of carbonyl (C=O) groups excluding carboxylic acids is 1. The maximum Gasteiger partial charge on any atom is 0.251 e. The average molecular weight is 257 g/mol. The molecule has 4 heteroatoms. The molecule has 2 rings (SSSR count). The van der Waals surface area contributed by atoms with Crippen LogP contribution in [-0.4, -0.2) is 22.0 Å². The number of rotatable bonds is 6. The van der Waals surface area contributed by atoms with E-state index in [2.05, 4.69) is 17.2 Å². The van der Waals surface area contributed by atoms with Gasteiger partial charge in [-0.15, -0.1) is 0 Å². The normalized spacial score (nSPS) is 10.4. The molecule has 1 aromatic carbocycles. The molecule has 0 aliphatic heterocycles. The number of carbonyl (C=O) groups is 1. The van der Waals surface area contributed by atoms with Gasteiger partial charge in [-0.3, -0.25) is 4.79 Å². The maximum atomic E-state index is 11.9. The highest BCUT2D eigenvalue weighted by Gasteiger charge is 2.03. The largest absolute Gasteiger partial charge is 0.352 e. The molecular weight excluding hydrogens is 238 g/mol. The van der Waals surface area contributed by atoms with Gasteiger partial charge in [-0.25, -0.2) is 4.98 Å². The molecule has 0 spiro atoms. The van der Waals surface area contributed by atoms with Crippen molar-refractivity contribution < 1.29 is 4.79 Å². The third-order valence-corrected chi connectivity index (χ3v) is 3.06. The Morgan fingerprint density at radius 3 is 2.74 bits per heavy atom. The minimum absolute atomic E-state index is 0.00622. The molecule has 0 saturated heterocycles. The molecule has 2 aromatic rings. The SMILES string of the molecule is CCc1ccc(C(=O)NCCCn2ccnc2)cc1. The van der Waals surface area contributed by atoms with Crippen molar-refractivity contribution in [2.75, 3.05) is 6.54 Å². The van der Waals surface area contributed by atoms with Gasteiger partial charge in [0.2, 0.25) is 0 Å². The molecule has 1 aromatic heterocycles. The van der Waals surface area contributed by atoms with Crippen LogP contribution >= 0.6 is 0 Å². The lowest BCUT2D eigenvalue weighted by Gasteiger charge is -2.06.